The molecule has 2 aromatic heterocycles. The molecule has 0 saturated heterocycles. The van der Waals surface area contributed by atoms with Crippen LogP contribution in [-0.2, 0) is 0 Å². The number of halogens is 1. The van der Waals surface area contributed by atoms with Gasteiger partial charge in [0.05, 0.1) is 17.7 Å². The maximum Gasteiger partial charge on any atom is 0.353 e. The molecule has 0 unspecified atom stereocenters. The van der Waals surface area contributed by atoms with Gasteiger partial charge in [0.2, 0.25) is 11.6 Å². The number of nitrogens with zero attached hydrogens (tertiary/aromatic N) is 4. The summed E-state index contributed by atoms with van der Waals surface area (Å²) in [7, 11) is 1.48. The normalized spacial score (nSPS) is 10.3. The van der Waals surface area contributed by atoms with Crippen LogP contribution in [-0.4, -0.2) is 27.0 Å². The summed E-state index contributed by atoms with van der Waals surface area (Å²) in [6.07, 6.45) is 2.79. The Balaban J connectivity index is 2.01. The molecule has 3 rings (SSSR count). The largest absolute Gasteiger partial charge is 0.495 e. The summed E-state index contributed by atoms with van der Waals surface area (Å²) < 4.78 is 5.23. The van der Waals surface area contributed by atoms with Crippen LogP contribution in [0.2, 0.25) is 5.02 Å². The van der Waals surface area contributed by atoms with Crippen LogP contribution in [0, 0.1) is 10.1 Å². The third-order valence-electron chi connectivity index (χ3n) is 3.08. The van der Waals surface area contributed by atoms with Gasteiger partial charge in [-0.25, -0.2) is 15.0 Å². The molecular weight excluding hydrogens is 368 g/mol. The van der Waals surface area contributed by atoms with Gasteiger partial charge in [0.1, 0.15) is 12.1 Å². The maximum atomic E-state index is 11.6. The topological polar surface area (TPSA) is 115 Å². The Morgan fingerprint density at radius 1 is 1.24 bits per heavy atom. The minimum absolute atomic E-state index is 0.000349. The standard InChI is InChI=1S/C14H11ClN6O3S/c1-24-10-3-2-8(15)6-9(10)19-12-11(21(22)23)13(18-7-17-12)20-14-16-4-5-25-14/h2-7H,1H3,(H2,16,17,18,19,20). The number of thiazole rings is 1. The van der Waals surface area contributed by atoms with Crippen molar-refractivity contribution < 1.29 is 9.66 Å². The third kappa shape index (κ3) is 3.75. The van der Waals surface area contributed by atoms with Crippen LogP contribution in [0.4, 0.5) is 28.1 Å². The van der Waals surface area contributed by atoms with Crippen molar-refractivity contribution >= 4 is 51.1 Å². The van der Waals surface area contributed by atoms with Crippen molar-refractivity contribution in [1.29, 1.82) is 0 Å². The second-order valence-corrected chi connectivity index (χ2v) is 5.94. The molecule has 0 aliphatic carbocycles. The first-order valence-corrected chi connectivity index (χ1v) is 8.10. The molecule has 128 valence electrons. The third-order valence-corrected chi connectivity index (χ3v) is 4.00. The Kier molecular flexibility index (Phi) is 4.91. The number of rotatable bonds is 6. The van der Waals surface area contributed by atoms with Gasteiger partial charge >= 0.3 is 5.69 Å². The summed E-state index contributed by atoms with van der Waals surface area (Å²) >= 11 is 7.28. The fourth-order valence-corrected chi connectivity index (χ4v) is 2.73. The SMILES string of the molecule is COc1ccc(Cl)cc1Nc1ncnc(Nc2nccs2)c1[N+](=O)[O-]. The molecule has 9 nitrogen and oxygen atoms in total. The Bertz CT molecular complexity index is 906. The van der Waals surface area contributed by atoms with Crippen LogP contribution in [0.15, 0.2) is 36.1 Å². The molecule has 1 aromatic carbocycles. The Labute approximate surface area is 150 Å². The van der Waals surface area contributed by atoms with Crippen molar-refractivity contribution in [3.05, 3.63) is 51.2 Å². The van der Waals surface area contributed by atoms with Gasteiger partial charge in [0.25, 0.3) is 0 Å². The number of anilines is 4. The van der Waals surface area contributed by atoms with Gasteiger partial charge in [-0.3, -0.25) is 10.1 Å². The van der Waals surface area contributed by atoms with E-state index in [1.54, 1.807) is 29.8 Å². The van der Waals surface area contributed by atoms with Gasteiger partial charge in [-0.2, -0.15) is 0 Å². The molecule has 0 bridgehead atoms. The highest BCUT2D eigenvalue weighted by molar-refractivity contribution is 7.13. The highest BCUT2D eigenvalue weighted by Crippen LogP contribution is 2.36. The molecule has 0 atom stereocenters. The lowest BCUT2D eigenvalue weighted by atomic mass is 10.3. The van der Waals surface area contributed by atoms with Gasteiger partial charge in [-0.15, -0.1) is 11.3 Å². The van der Waals surface area contributed by atoms with E-state index in [4.69, 9.17) is 16.3 Å². The quantitative estimate of drug-likeness (QED) is 0.488. The molecule has 2 N–H and O–H groups in total. The number of methoxy groups -OCH3 is 1. The van der Waals surface area contributed by atoms with Gasteiger partial charge in [-0.1, -0.05) is 11.6 Å². The lowest BCUT2D eigenvalue weighted by Gasteiger charge is -2.12. The molecule has 11 heteroatoms. The van der Waals surface area contributed by atoms with Crippen molar-refractivity contribution in [3.8, 4) is 5.75 Å². The van der Waals surface area contributed by atoms with Crippen LogP contribution < -0.4 is 15.4 Å². The van der Waals surface area contributed by atoms with Gasteiger partial charge in [-0.05, 0) is 18.2 Å². The van der Waals surface area contributed by atoms with E-state index in [2.05, 4.69) is 25.6 Å². The second-order valence-electron chi connectivity index (χ2n) is 4.61. The lowest BCUT2D eigenvalue weighted by Crippen LogP contribution is -2.06. The Morgan fingerprint density at radius 2 is 2.00 bits per heavy atom. The number of nitro groups is 1. The van der Waals surface area contributed by atoms with E-state index >= 15 is 0 Å². The van der Waals surface area contributed by atoms with Crippen LogP contribution in [0.25, 0.3) is 0 Å². The molecule has 0 saturated carbocycles. The van der Waals surface area contributed by atoms with Crippen LogP contribution >= 0.6 is 22.9 Å². The average Bonchev–Trinajstić information content (AvgIpc) is 3.08. The van der Waals surface area contributed by atoms with E-state index in [1.807, 2.05) is 0 Å². The van der Waals surface area contributed by atoms with Crippen LogP contribution in [0.3, 0.4) is 0 Å². The second kappa shape index (κ2) is 7.28. The highest BCUT2D eigenvalue weighted by Gasteiger charge is 2.24. The molecule has 2 heterocycles. The van der Waals surface area contributed by atoms with Crippen molar-refractivity contribution in [2.75, 3.05) is 17.7 Å². The minimum Gasteiger partial charge on any atom is -0.495 e. The van der Waals surface area contributed by atoms with Crippen molar-refractivity contribution in [3.63, 3.8) is 0 Å². The smallest absolute Gasteiger partial charge is 0.353 e. The van der Waals surface area contributed by atoms with Gasteiger partial charge < -0.3 is 15.4 Å². The Morgan fingerprint density at radius 3 is 2.64 bits per heavy atom. The highest BCUT2D eigenvalue weighted by atomic mass is 35.5. The fourth-order valence-electron chi connectivity index (χ4n) is 2.03. The number of nitrogens with one attached hydrogen (secondary N) is 2. The average molecular weight is 379 g/mol. The van der Waals surface area contributed by atoms with E-state index in [-0.39, 0.29) is 17.3 Å². The molecule has 0 spiro atoms. The molecule has 0 aliphatic rings. The van der Waals surface area contributed by atoms with Crippen LogP contribution in [0.5, 0.6) is 5.75 Å². The zero-order valence-corrected chi connectivity index (χ0v) is 14.3. The predicted molar refractivity (Wildman–Crippen MR) is 95.4 cm³/mol. The molecule has 0 fully saturated rings. The number of hydrogen-bond acceptors (Lipinski definition) is 9. The first-order chi connectivity index (χ1) is 12.1. The first kappa shape index (κ1) is 16.9. The zero-order chi connectivity index (χ0) is 17.8. The van der Waals surface area contributed by atoms with Gasteiger partial charge in [0.15, 0.2) is 5.13 Å². The van der Waals surface area contributed by atoms with Crippen LogP contribution in [0.1, 0.15) is 0 Å². The van der Waals surface area contributed by atoms with E-state index in [0.29, 0.717) is 21.6 Å². The summed E-state index contributed by atoms with van der Waals surface area (Å²) in [6, 6.07) is 4.88. The summed E-state index contributed by atoms with van der Waals surface area (Å²) in [5.41, 5.74) is 0.122. The van der Waals surface area contributed by atoms with E-state index in [1.165, 1.54) is 24.8 Å². The summed E-state index contributed by atoms with van der Waals surface area (Å²) in [6.45, 7) is 0. The number of aromatic nitrogens is 3. The molecular formula is C14H11ClN6O3S. The van der Waals surface area contributed by atoms with Crippen molar-refractivity contribution in [2.45, 2.75) is 0 Å². The summed E-state index contributed by atoms with van der Waals surface area (Å²) in [5.74, 6) is 0.491. The molecule has 0 radical (unpaired) electrons. The molecule has 0 amide bonds. The van der Waals surface area contributed by atoms with Gasteiger partial charge in [0, 0.05) is 16.6 Å². The fraction of sp³-hybridized carbons (Fsp3) is 0.0714. The van der Waals surface area contributed by atoms with E-state index < -0.39 is 4.92 Å². The van der Waals surface area contributed by atoms with E-state index in [9.17, 15) is 10.1 Å². The minimum atomic E-state index is -0.574. The summed E-state index contributed by atoms with van der Waals surface area (Å²) in [5, 5.41) is 19.9. The number of hydrogen-bond donors (Lipinski definition) is 2. The lowest BCUT2D eigenvalue weighted by molar-refractivity contribution is -0.383. The first-order valence-electron chi connectivity index (χ1n) is 6.85. The van der Waals surface area contributed by atoms with Crippen molar-refractivity contribution in [2.24, 2.45) is 0 Å². The summed E-state index contributed by atoms with van der Waals surface area (Å²) in [4.78, 5) is 22.9. The molecule has 25 heavy (non-hydrogen) atoms. The maximum absolute atomic E-state index is 11.6. The monoisotopic (exact) mass is 378 g/mol. The Hall–Kier alpha value is -2.98. The zero-order valence-electron chi connectivity index (χ0n) is 12.8. The number of ether oxygens (including phenoxy) is 1. The number of benzene rings is 1. The molecule has 0 aliphatic heterocycles. The van der Waals surface area contributed by atoms with E-state index in [0.717, 1.165) is 0 Å². The molecule has 3 aromatic rings. The van der Waals surface area contributed by atoms with Crippen molar-refractivity contribution in [1.82, 2.24) is 15.0 Å². The predicted octanol–water partition coefficient (Wildman–Crippen LogP) is 3.99.